The van der Waals surface area contributed by atoms with E-state index in [2.05, 4.69) is 44.2 Å². The summed E-state index contributed by atoms with van der Waals surface area (Å²) in [4.78, 5) is 16.1. The molecule has 1 amide bonds. The highest BCUT2D eigenvalue weighted by molar-refractivity contribution is 8.00. The van der Waals surface area contributed by atoms with Gasteiger partial charge in [-0.05, 0) is 67.6 Å². The summed E-state index contributed by atoms with van der Waals surface area (Å²) in [6, 6.07) is 12.7. The zero-order valence-corrected chi connectivity index (χ0v) is 17.4. The van der Waals surface area contributed by atoms with Crippen molar-refractivity contribution < 1.29 is 14.3 Å². The van der Waals surface area contributed by atoms with E-state index < -0.39 is 0 Å². The van der Waals surface area contributed by atoms with Gasteiger partial charge in [0.2, 0.25) is 5.91 Å². The molecule has 4 rings (SSSR count). The Hall–Kier alpha value is -2.14. The topological polar surface area (TPSA) is 38.8 Å². The summed E-state index contributed by atoms with van der Waals surface area (Å²) in [5.41, 5.74) is 3.69. The number of rotatable bonds is 4. The van der Waals surface area contributed by atoms with Crippen LogP contribution in [0.5, 0.6) is 11.5 Å². The van der Waals surface area contributed by atoms with Gasteiger partial charge in [-0.3, -0.25) is 4.79 Å². The van der Waals surface area contributed by atoms with Gasteiger partial charge < -0.3 is 14.4 Å². The van der Waals surface area contributed by atoms with Gasteiger partial charge in [0.15, 0.2) is 11.5 Å². The molecule has 2 aromatic rings. The Morgan fingerprint density at radius 2 is 1.86 bits per heavy atom. The molecule has 1 atom stereocenters. The van der Waals surface area contributed by atoms with Crippen molar-refractivity contribution >= 4 is 17.7 Å². The molecule has 0 aliphatic carbocycles. The fourth-order valence-corrected chi connectivity index (χ4v) is 4.71. The van der Waals surface area contributed by atoms with Gasteiger partial charge in [-0.15, -0.1) is 11.8 Å². The molecule has 2 aliphatic rings. The van der Waals surface area contributed by atoms with Gasteiger partial charge in [0.1, 0.15) is 0 Å². The van der Waals surface area contributed by atoms with Crippen LogP contribution in [0.4, 0.5) is 0 Å². The smallest absolute Gasteiger partial charge is 0.233 e. The summed E-state index contributed by atoms with van der Waals surface area (Å²) in [6.45, 7) is 6.42. The van der Waals surface area contributed by atoms with Crippen molar-refractivity contribution in [1.29, 1.82) is 0 Å². The minimum Gasteiger partial charge on any atom is -0.490 e. The zero-order valence-electron chi connectivity index (χ0n) is 16.6. The Kier molecular flexibility index (Phi) is 5.81. The second-order valence-corrected chi connectivity index (χ2v) is 8.59. The molecule has 0 radical (unpaired) electrons. The van der Waals surface area contributed by atoms with Crippen LogP contribution in [0.3, 0.4) is 0 Å². The number of hydrogen-bond donors (Lipinski definition) is 0. The second-order valence-electron chi connectivity index (χ2n) is 7.54. The van der Waals surface area contributed by atoms with E-state index in [9.17, 15) is 4.79 Å². The summed E-state index contributed by atoms with van der Waals surface area (Å²) in [7, 11) is 0. The van der Waals surface area contributed by atoms with E-state index in [1.807, 2.05) is 11.0 Å². The van der Waals surface area contributed by atoms with Crippen LogP contribution < -0.4 is 9.47 Å². The molecular weight excluding hydrogens is 370 g/mol. The summed E-state index contributed by atoms with van der Waals surface area (Å²) in [5.74, 6) is 2.29. The van der Waals surface area contributed by atoms with Gasteiger partial charge in [-0.25, -0.2) is 0 Å². The summed E-state index contributed by atoms with van der Waals surface area (Å²) in [6.07, 6.45) is 2.94. The largest absolute Gasteiger partial charge is 0.490 e. The molecule has 0 bridgehead atoms. The first-order valence-electron chi connectivity index (χ1n) is 10.0. The van der Waals surface area contributed by atoms with Crippen molar-refractivity contribution in [3.63, 3.8) is 0 Å². The Labute approximate surface area is 171 Å². The predicted octanol–water partition coefficient (Wildman–Crippen LogP) is 4.92. The Bertz CT molecular complexity index is 867. The number of likely N-dealkylation sites (tertiary alicyclic amines) is 1. The molecule has 2 aliphatic heterocycles. The molecule has 1 saturated heterocycles. The molecular formula is C23H27NO3S. The molecule has 4 nitrogen and oxygen atoms in total. The molecule has 28 heavy (non-hydrogen) atoms. The van der Waals surface area contributed by atoms with Crippen LogP contribution in [0, 0.1) is 13.8 Å². The highest BCUT2D eigenvalue weighted by Crippen LogP contribution is 2.38. The Morgan fingerprint density at radius 3 is 2.68 bits per heavy atom. The molecule has 0 unspecified atom stereocenters. The molecule has 148 valence electrons. The van der Waals surface area contributed by atoms with E-state index in [1.165, 1.54) is 11.1 Å². The lowest BCUT2D eigenvalue weighted by molar-refractivity contribution is -0.129. The number of hydrogen-bond acceptors (Lipinski definition) is 4. The monoisotopic (exact) mass is 397 g/mol. The molecule has 2 heterocycles. The highest BCUT2D eigenvalue weighted by atomic mass is 32.2. The van der Waals surface area contributed by atoms with Crippen molar-refractivity contribution in [2.45, 2.75) is 44.0 Å². The van der Waals surface area contributed by atoms with Gasteiger partial charge >= 0.3 is 0 Å². The summed E-state index contributed by atoms with van der Waals surface area (Å²) in [5, 5.41) is 0. The normalized spacial score (nSPS) is 18.8. The van der Waals surface area contributed by atoms with E-state index in [-0.39, 0.29) is 11.9 Å². The quantitative estimate of drug-likeness (QED) is 0.687. The lowest BCUT2D eigenvalue weighted by atomic mass is 10.0. The standard InChI is InChI=1S/C23H27NO3S/c1-16-6-8-19(13-17(16)2)28-15-23(25)24-10-3-5-20(24)18-7-9-21-22(14-18)27-12-4-11-26-21/h6-9,13-14,20H,3-5,10-12,15H2,1-2H3/t20-/m1/s1. The number of ether oxygens (including phenoxy) is 2. The molecule has 0 N–H and O–H groups in total. The number of carbonyl (C=O) groups is 1. The van der Waals surface area contributed by atoms with Gasteiger partial charge in [0.25, 0.3) is 0 Å². The van der Waals surface area contributed by atoms with Gasteiger partial charge in [0, 0.05) is 17.9 Å². The maximum atomic E-state index is 12.9. The van der Waals surface area contributed by atoms with E-state index >= 15 is 0 Å². The first kappa shape index (κ1) is 19.2. The SMILES string of the molecule is Cc1ccc(SCC(=O)N2CCC[C@@H]2c2ccc3c(c2)OCCCO3)cc1C. The Balaban J connectivity index is 1.44. The average molecular weight is 398 g/mol. The van der Waals surface area contributed by atoms with Crippen LogP contribution in [-0.2, 0) is 4.79 Å². The predicted molar refractivity (Wildman–Crippen MR) is 112 cm³/mol. The number of aryl methyl sites for hydroxylation is 2. The minimum absolute atomic E-state index is 0.130. The number of carbonyl (C=O) groups excluding carboxylic acids is 1. The number of amides is 1. The Morgan fingerprint density at radius 1 is 1.04 bits per heavy atom. The zero-order chi connectivity index (χ0) is 19.5. The first-order valence-corrected chi connectivity index (χ1v) is 11.0. The van der Waals surface area contributed by atoms with E-state index in [4.69, 9.17) is 9.47 Å². The van der Waals surface area contributed by atoms with E-state index in [0.29, 0.717) is 19.0 Å². The minimum atomic E-state index is 0.130. The third-order valence-corrected chi connectivity index (χ3v) is 6.55. The number of benzene rings is 2. The van der Waals surface area contributed by atoms with Gasteiger partial charge in [-0.2, -0.15) is 0 Å². The second kappa shape index (κ2) is 8.48. The van der Waals surface area contributed by atoms with Crippen molar-refractivity contribution in [1.82, 2.24) is 4.90 Å². The summed E-state index contributed by atoms with van der Waals surface area (Å²) < 4.78 is 11.6. The maximum absolute atomic E-state index is 12.9. The van der Waals surface area contributed by atoms with Crippen LogP contribution >= 0.6 is 11.8 Å². The van der Waals surface area contributed by atoms with E-state index in [1.54, 1.807) is 11.8 Å². The van der Waals surface area contributed by atoms with Crippen molar-refractivity contribution in [3.8, 4) is 11.5 Å². The van der Waals surface area contributed by atoms with Crippen molar-refractivity contribution in [2.24, 2.45) is 0 Å². The molecule has 5 heteroatoms. The molecule has 1 fully saturated rings. The van der Waals surface area contributed by atoms with Crippen LogP contribution in [0.25, 0.3) is 0 Å². The fraction of sp³-hybridized carbons (Fsp3) is 0.435. The van der Waals surface area contributed by atoms with Crippen LogP contribution in [0.2, 0.25) is 0 Å². The third kappa shape index (κ3) is 4.14. The van der Waals surface area contributed by atoms with Crippen molar-refractivity contribution in [2.75, 3.05) is 25.5 Å². The molecule has 0 aromatic heterocycles. The molecule has 2 aromatic carbocycles. The molecule has 0 spiro atoms. The fourth-order valence-electron chi connectivity index (χ4n) is 3.83. The first-order chi connectivity index (χ1) is 13.6. The average Bonchev–Trinajstić information content (AvgIpc) is 3.07. The van der Waals surface area contributed by atoms with Crippen LogP contribution in [0.15, 0.2) is 41.3 Å². The maximum Gasteiger partial charge on any atom is 0.233 e. The summed E-state index contributed by atoms with van der Waals surface area (Å²) >= 11 is 1.63. The van der Waals surface area contributed by atoms with Crippen molar-refractivity contribution in [3.05, 3.63) is 53.1 Å². The highest BCUT2D eigenvalue weighted by Gasteiger charge is 2.30. The number of nitrogens with zero attached hydrogens (tertiary/aromatic N) is 1. The number of thioether (sulfide) groups is 1. The van der Waals surface area contributed by atoms with Crippen LogP contribution in [0.1, 0.15) is 42.0 Å². The lowest BCUT2D eigenvalue weighted by Crippen LogP contribution is -2.32. The molecule has 0 saturated carbocycles. The van der Waals surface area contributed by atoms with E-state index in [0.717, 1.165) is 47.8 Å². The number of fused-ring (bicyclic) bond motifs is 1. The third-order valence-electron chi connectivity index (χ3n) is 5.57. The van der Waals surface area contributed by atoms with Gasteiger partial charge in [0.05, 0.1) is 25.0 Å². The lowest BCUT2D eigenvalue weighted by Gasteiger charge is -2.25. The van der Waals surface area contributed by atoms with Crippen LogP contribution in [-0.4, -0.2) is 36.3 Å². The van der Waals surface area contributed by atoms with Gasteiger partial charge in [-0.1, -0.05) is 12.1 Å².